The summed E-state index contributed by atoms with van der Waals surface area (Å²) >= 11 is 9.42. The molecule has 0 radical (unpaired) electrons. The molecular formula is C17H17BrClNO3. The number of ether oxygens (including phenoxy) is 2. The Morgan fingerprint density at radius 1 is 1.13 bits per heavy atom. The number of nitrogens with one attached hydrogen (secondary N) is 1. The smallest absolute Gasteiger partial charge is 0.224 e. The van der Waals surface area contributed by atoms with Gasteiger partial charge in [-0.05, 0) is 42.3 Å². The largest absolute Gasteiger partial charge is 0.493 e. The van der Waals surface area contributed by atoms with Crippen LogP contribution in [0.3, 0.4) is 0 Å². The van der Waals surface area contributed by atoms with E-state index < -0.39 is 0 Å². The molecule has 6 heteroatoms. The molecule has 0 saturated heterocycles. The summed E-state index contributed by atoms with van der Waals surface area (Å²) in [6, 6.07) is 11.0. The first-order valence-corrected chi connectivity index (χ1v) is 8.16. The zero-order valence-electron chi connectivity index (χ0n) is 12.9. The van der Waals surface area contributed by atoms with E-state index >= 15 is 0 Å². The van der Waals surface area contributed by atoms with Crippen molar-refractivity contribution in [2.24, 2.45) is 0 Å². The summed E-state index contributed by atoms with van der Waals surface area (Å²) in [5, 5.41) is 3.31. The van der Waals surface area contributed by atoms with Crippen molar-refractivity contribution < 1.29 is 14.3 Å². The molecule has 23 heavy (non-hydrogen) atoms. The maximum atomic E-state index is 12.1. The molecule has 0 aliphatic carbocycles. The third kappa shape index (κ3) is 4.88. The molecule has 0 heterocycles. The van der Waals surface area contributed by atoms with Crippen molar-refractivity contribution >= 4 is 39.1 Å². The molecule has 2 rings (SSSR count). The van der Waals surface area contributed by atoms with Crippen LogP contribution in [-0.2, 0) is 11.2 Å². The molecule has 0 aliphatic rings. The van der Waals surface area contributed by atoms with Gasteiger partial charge in [0.2, 0.25) is 5.91 Å². The van der Waals surface area contributed by atoms with Crippen molar-refractivity contribution in [3.05, 3.63) is 51.5 Å². The van der Waals surface area contributed by atoms with E-state index in [1.54, 1.807) is 26.4 Å². The fourth-order valence-electron chi connectivity index (χ4n) is 2.10. The van der Waals surface area contributed by atoms with Gasteiger partial charge in [-0.25, -0.2) is 0 Å². The second-order valence-corrected chi connectivity index (χ2v) is 6.18. The quantitative estimate of drug-likeness (QED) is 0.768. The number of benzene rings is 2. The highest BCUT2D eigenvalue weighted by Crippen LogP contribution is 2.28. The van der Waals surface area contributed by atoms with E-state index in [0.29, 0.717) is 35.1 Å². The zero-order chi connectivity index (χ0) is 16.8. The number of hydrogen-bond acceptors (Lipinski definition) is 3. The van der Waals surface area contributed by atoms with Gasteiger partial charge in [0, 0.05) is 10.9 Å². The maximum absolute atomic E-state index is 12.1. The van der Waals surface area contributed by atoms with Crippen LogP contribution in [0.1, 0.15) is 12.0 Å². The van der Waals surface area contributed by atoms with Gasteiger partial charge in [-0.3, -0.25) is 4.79 Å². The number of carbonyl (C=O) groups is 1. The molecule has 0 saturated carbocycles. The molecule has 0 unspecified atom stereocenters. The summed E-state index contributed by atoms with van der Waals surface area (Å²) in [5.74, 6) is 1.23. The van der Waals surface area contributed by atoms with Crippen LogP contribution < -0.4 is 14.8 Å². The molecule has 1 amide bonds. The Labute approximate surface area is 148 Å². The van der Waals surface area contributed by atoms with Gasteiger partial charge in [-0.2, -0.15) is 0 Å². The number of anilines is 1. The Morgan fingerprint density at radius 3 is 2.52 bits per heavy atom. The molecule has 0 aliphatic heterocycles. The minimum atomic E-state index is -0.0935. The van der Waals surface area contributed by atoms with Crippen molar-refractivity contribution in [3.8, 4) is 11.5 Å². The van der Waals surface area contributed by atoms with Crippen LogP contribution in [0.5, 0.6) is 11.5 Å². The van der Waals surface area contributed by atoms with Crippen molar-refractivity contribution in [1.29, 1.82) is 0 Å². The van der Waals surface area contributed by atoms with Crippen LogP contribution in [-0.4, -0.2) is 20.1 Å². The van der Waals surface area contributed by atoms with Crippen molar-refractivity contribution in [1.82, 2.24) is 0 Å². The highest BCUT2D eigenvalue weighted by molar-refractivity contribution is 9.10. The molecule has 0 atom stereocenters. The van der Waals surface area contributed by atoms with E-state index in [9.17, 15) is 4.79 Å². The Hall–Kier alpha value is -1.72. The molecule has 1 N–H and O–H groups in total. The third-order valence-electron chi connectivity index (χ3n) is 3.29. The number of aryl methyl sites for hydroxylation is 1. The standard InChI is InChI=1S/C17H17BrClNO3/c1-22-15-7-3-11(9-16(15)23-2)4-8-17(21)20-14-6-5-12(18)10-13(14)19/h3,5-7,9-10H,4,8H2,1-2H3,(H,20,21). The molecule has 2 aromatic carbocycles. The first kappa shape index (κ1) is 17.6. The minimum Gasteiger partial charge on any atom is -0.493 e. The van der Waals surface area contributed by atoms with Crippen LogP contribution in [0.15, 0.2) is 40.9 Å². The normalized spacial score (nSPS) is 10.3. The van der Waals surface area contributed by atoms with Crippen molar-refractivity contribution in [2.75, 3.05) is 19.5 Å². The predicted octanol–water partition coefficient (Wildman–Crippen LogP) is 4.69. The summed E-state index contributed by atoms with van der Waals surface area (Å²) in [7, 11) is 3.18. The SMILES string of the molecule is COc1ccc(CCC(=O)Nc2ccc(Br)cc2Cl)cc1OC. The number of methoxy groups -OCH3 is 2. The molecule has 2 aromatic rings. The summed E-state index contributed by atoms with van der Waals surface area (Å²) in [6.45, 7) is 0. The van der Waals surface area contributed by atoms with E-state index in [1.807, 2.05) is 24.3 Å². The Kier molecular flexibility index (Phi) is 6.30. The van der Waals surface area contributed by atoms with E-state index in [1.165, 1.54) is 0 Å². The predicted molar refractivity (Wildman–Crippen MR) is 95.6 cm³/mol. The monoisotopic (exact) mass is 397 g/mol. The Morgan fingerprint density at radius 2 is 1.87 bits per heavy atom. The summed E-state index contributed by atoms with van der Waals surface area (Å²) in [6.07, 6.45) is 0.947. The van der Waals surface area contributed by atoms with Gasteiger partial charge in [0.25, 0.3) is 0 Å². The molecule has 0 bridgehead atoms. The summed E-state index contributed by atoms with van der Waals surface area (Å²) in [5.41, 5.74) is 1.60. The van der Waals surface area contributed by atoms with Gasteiger partial charge in [-0.15, -0.1) is 0 Å². The van der Waals surface area contributed by atoms with Gasteiger partial charge in [0.05, 0.1) is 24.9 Å². The number of rotatable bonds is 6. The number of carbonyl (C=O) groups excluding carboxylic acids is 1. The molecule has 122 valence electrons. The van der Waals surface area contributed by atoms with Crippen LogP contribution in [0.2, 0.25) is 5.02 Å². The highest BCUT2D eigenvalue weighted by Gasteiger charge is 2.09. The Bertz CT molecular complexity index is 706. The average molecular weight is 399 g/mol. The lowest BCUT2D eigenvalue weighted by atomic mass is 10.1. The van der Waals surface area contributed by atoms with Crippen LogP contribution in [0, 0.1) is 0 Å². The maximum Gasteiger partial charge on any atom is 0.224 e. The summed E-state index contributed by atoms with van der Waals surface area (Å²) in [4.78, 5) is 12.1. The van der Waals surface area contributed by atoms with E-state index in [-0.39, 0.29) is 5.91 Å². The molecular weight excluding hydrogens is 382 g/mol. The summed E-state index contributed by atoms with van der Waals surface area (Å²) < 4.78 is 11.3. The topological polar surface area (TPSA) is 47.6 Å². The Balaban J connectivity index is 1.96. The van der Waals surface area contributed by atoms with Gasteiger partial charge >= 0.3 is 0 Å². The fourth-order valence-corrected chi connectivity index (χ4v) is 2.82. The third-order valence-corrected chi connectivity index (χ3v) is 4.10. The lowest BCUT2D eigenvalue weighted by Gasteiger charge is -2.10. The van der Waals surface area contributed by atoms with Gasteiger partial charge < -0.3 is 14.8 Å². The number of halogens is 2. The lowest BCUT2D eigenvalue weighted by molar-refractivity contribution is -0.116. The van der Waals surface area contributed by atoms with E-state index in [2.05, 4.69) is 21.2 Å². The number of hydrogen-bond donors (Lipinski definition) is 1. The van der Waals surface area contributed by atoms with Crippen molar-refractivity contribution in [2.45, 2.75) is 12.8 Å². The molecule has 0 aromatic heterocycles. The van der Waals surface area contributed by atoms with Crippen LogP contribution >= 0.6 is 27.5 Å². The molecule has 0 fully saturated rings. The second-order valence-electron chi connectivity index (χ2n) is 4.86. The van der Waals surface area contributed by atoms with Crippen molar-refractivity contribution in [3.63, 3.8) is 0 Å². The lowest BCUT2D eigenvalue weighted by Crippen LogP contribution is -2.12. The first-order valence-electron chi connectivity index (χ1n) is 6.99. The van der Waals surface area contributed by atoms with Crippen LogP contribution in [0.4, 0.5) is 5.69 Å². The van der Waals surface area contributed by atoms with Gasteiger partial charge in [0.15, 0.2) is 11.5 Å². The first-order chi connectivity index (χ1) is 11.0. The highest BCUT2D eigenvalue weighted by atomic mass is 79.9. The zero-order valence-corrected chi connectivity index (χ0v) is 15.2. The van der Waals surface area contributed by atoms with Crippen LogP contribution in [0.25, 0.3) is 0 Å². The second kappa shape index (κ2) is 8.22. The van der Waals surface area contributed by atoms with Gasteiger partial charge in [0.1, 0.15) is 0 Å². The number of amides is 1. The molecule has 0 spiro atoms. The fraction of sp³-hybridized carbons (Fsp3) is 0.235. The van der Waals surface area contributed by atoms with E-state index in [0.717, 1.165) is 10.0 Å². The average Bonchev–Trinajstić information content (AvgIpc) is 2.55. The minimum absolute atomic E-state index is 0.0935. The van der Waals surface area contributed by atoms with E-state index in [4.69, 9.17) is 21.1 Å². The van der Waals surface area contributed by atoms with Gasteiger partial charge in [-0.1, -0.05) is 33.6 Å². The molecule has 4 nitrogen and oxygen atoms in total.